The van der Waals surface area contributed by atoms with E-state index in [0.29, 0.717) is 43.1 Å². The Morgan fingerprint density at radius 1 is 0.971 bits per heavy atom. The van der Waals surface area contributed by atoms with E-state index in [-0.39, 0.29) is 17.7 Å². The van der Waals surface area contributed by atoms with Crippen molar-refractivity contribution in [1.29, 1.82) is 0 Å². The van der Waals surface area contributed by atoms with E-state index in [0.717, 1.165) is 30.6 Å². The van der Waals surface area contributed by atoms with Crippen LogP contribution in [0.2, 0.25) is 5.02 Å². The maximum absolute atomic E-state index is 13.6. The number of halogens is 1. The quantitative estimate of drug-likeness (QED) is 0.680. The molecule has 4 rings (SSSR count). The van der Waals surface area contributed by atoms with Gasteiger partial charge in [0.1, 0.15) is 17.8 Å². The minimum absolute atomic E-state index is 0.144. The summed E-state index contributed by atoms with van der Waals surface area (Å²) in [6, 6.07) is 13.2. The topological polar surface area (TPSA) is 79.0 Å². The molecule has 8 heteroatoms. The number of likely N-dealkylation sites (tertiary alicyclic amines) is 2. The van der Waals surface area contributed by atoms with Crippen LogP contribution in [0.3, 0.4) is 0 Å². The number of carbonyl (C=O) groups is 3. The molecule has 34 heavy (non-hydrogen) atoms. The van der Waals surface area contributed by atoms with Gasteiger partial charge in [0.15, 0.2) is 0 Å². The first kappa shape index (κ1) is 24.1. The van der Waals surface area contributed by atoms with Crippen molar-refractivity contribution < 1.29 is 19.1 Å². The van der Waals surface area contributed by atoms with Gasteiger partial charge in [-0.3, -0.25) is 14.4 Å². The summed E-state index contributed by atoms with van der Waals surface area (Å²) in [5.74, 6) is 0.219. The van der Waals surface area contributed by atoms with Crippen molar-refractivity contribution in [3.8, 4) is 5.75 Å². The molecule has 1 N–H and O–H groups in total. The van der Waals surface area contributed by atoms with Crippen LogP contribution in [-0.4, -0.2) is 59.8 Å². The molecule has 180 valence electrons. The lowest BCUT2D eigenvalue weighted by molar-refractivity contribution is -0.142. The zero-order valence-corrected chi connectivity index (χ0v) is 20.1. The molecule has 2 aliphatic rings. The first-order valence-electron chi connectivity index (χ1n) is 11.8. The van der Waals surface area contributed by atoms with E-state index in [1.165, 1.54) is 0 Å². The van der Waals surface area contributed by atoms with Crippen molar-refractivity contribution in [2.45, 2.75) is 50.7 Å². The molecule has 2 aromatic rings. The highest BCUT2D eigenvalue weighted by atomic mass is 35.5. The van der Waals surface area contributed by atoms with Crippen LogP contribution in [0.5, 0.6) is 5.75 Å². The average molecular weight is 484 g/mol. The van der Waals surface area contributed by atoms with Crippen molar-refractivity contribution in [1.82, 2.24) is 15.1 Å². The minimum Gasteiger partial charge on any atom is -0.497 e. The van der Waals surface area contributed by atoms with Gasteiger partial charge in [-0.2, -0.15) is 0 Å². The van der Waals surface area contributed by atoms with E-state index in [1.54, 1.807) is 41.2 Å². The molecule has 0 bridgehead atoms. The summed E-state index contributed by atoms with van der Waals surface area (Å²) < 4.78 is 5.24. The summed E-state index contributed by atoms with van der Waals surface area (Å²) in [6.07, 6.45) is 3.69. The molecule has 2 fully saturated rings. The molecule has 0 spiro atoms. The van der Waals surface area contributed by atoms with Gasteiger partial charge in [-0.25, -0.2) is 0 Å². The lowest BCUT2D eigenvalue weighted by Crippen LogP contribution is -2.56. The van der Waals surface area contributed by atoms with Crippen LogP contribution in [0.1, 0.15) is 48.0 Å². The summed E-state index contributed by atoms with van der Waals surface area (Å²) in [5.41, 5.74) is 1.40. The lowest BCUT2D eigenvalue weighted by Gasteiger charge is -2.38. The molecule has 2 aromatic carbocycles. The molecule has 2 heterocycles. The number of ether oxygens (including phenoxy) is 1. The summed E-state index contributed by atoms with van der Waals surface area (Å²) >= 11 is 6.08. The molecule has 7 nitrogen and oxygen atoms in total. The van der Waals surface area contributed by atoms with Crippen LogP contribution in [0.25, 0.3) is 0 Å². The Kier molecular flexibility index (Phi) is 7.73. The van der Waals surface area contributed by atoms with Crippen molar-refractivity contribution in [3.05, 3.63) is 64.7 Å². The van der Waals surface area contributed by atoms with Gasteiger partial charge < -0.3 is 19.9 Å². The summed E-state index contributed by atoms with van der Waals surface area (Å²) in [4.78, 5) is 43.1. The number of piperidine rings is 1. The Balaban J connectivity index is 1.44. The van der Waals surface area contributed by atoms with Gasteiger partial charge in [-0.1, -0.05) is 29.8 Å². The van der Waals surface area contributed by atoms with Crippen LogP contribution in [0.4, 0.5) is 0 Å². The second-order valence-electron chi connectivity index (χ2n) is 8.78. The number of methoxy groups -OCH3 is 1. The Labute approximate surface area is 205 Å². The number of benzene rings is 2. The third-order valence-electron chi connectivity index (χ3n) is 6.56. The normalized spacial score (nSPS) is 20.2. The molecule has 3 amide bonds. The highest BCUT2D eigenvalue weighted by Crippen LogP contribution is 2.26. The maximum atomic E-state index is 13.6. The molecule has 0 radical (unpaired) electrons. The average Bonchev–Trinajstić information content (AvgIpc) is 3.37. The van der Waals surface area contributed by atoms with E-state index in [4.69, 9.17) is 16.3 Å². The molecular weight excluding hydrogens is 454 g/mol. The van der Waals surface area contributed by atoms with Gasteiger partial charge >= 0.3 is 0 Å². The molecule has 2 atom stereocenters. The summed E-state index contributed by atoms with van der Waals surface area (Å²) in [7, 11) is 1.60. The Morgan fingerprint density at radius 2 is 1.74 bits per heavy atom. The number of nitrogens with zero attached hydrogens (tertiary/aromatic N) is 2. The fraction of sp³-hybridized carbons (Fsp3) is 0.423. The number of rotatable bonds is 6. The van der Waals surface area contributed by atoms with Crippen molar-refractivity contribution in [3.63, 3.8) is 0 Å². The predicted octanol–water partition coefficient (Wildman–Crippen LogP) is 3.65. The number of hydrogen-bond acceptors (Lipinski definition) is 4. The third kappa shape index (κ3) is 5.36. The van der Waals surface area contributed by atoms with E-state index in [2.05, 4.69) is 5.32 Å². The number of carbonyl (C=O) groups excluding carboxylic acids is 3. The first-order chi connectivity index (χ1) is 16.5. The highest BCUT2D eigenvalue weighted by molar-refractivity contribution is 6.31. The maximum Gasteiger partial charge on any atom is 0.254 e. The van der Waals surface area contributed by atoms with E-state index in [1.807, 2.05) is 24.3 Å². The number of amides is 3. The SMILES string of the molecule is COc1cccc(CNC(=O)[C@@H]2CCCN2C(=O)[C@H]2CCCCN2C(=O)c2cccc(Cl)c2)c1. The van der Waals surface area contributed by atoms with Crippen molar-refractivity contribution in [2.24, 2.45) is 0 Å². The van der Waals surface area contributed by atoms with E-state index < -0.39 is 12.1 Å². The lowest BCUT2D eigenvalue weighted by atomic mass is 9.99. The third-order valence-corrected chi connectivity index (χ3v) is 6.79. The van der Waals surface area contributed by atoms with Crippen LogP contribution in [0, 0.1) is 0 Å². The van der Waals surface area contributed by atoms with E-state index in [9.17, 15) is 14.4 Å². The first-order valence-corrected chi connectivity index (χ1v) is 12.1. The van der Waals surface area contributed by atoms with Crippen LogP contribution in [0.15, 0.2) is 48.5 Å². The van der Waals surface area contributed by atoms with Gasteiger partial charge in [0.25, 0.3) is 5.91 Å². The van der Waals surface area contributed by atoms with Crippen LogP contribution < -0.4 is 10.1 Å². The van der Waals surface area contributed by atoms with E-state index >= 15 is 0 Å². The van der Waals surface area contributed by atoms with Gasteiger partial charge in [0.05, 0.1) is 7.11 Å². The molecular formula is C26H30ClN3O4. The summed E-state index contributed by atoms with van der Waals surface area (Å²) in [5, 5.41) is 3.45. The molecule has 0 unspecified atom stereocenters. The Hall–Kier alpha value is -3.06. The van der Waals surface area contributed by atoms with Crippen molar-refractivity contribution >= 4 is 29.3 Å². The minimum atomic E-state index is -0.563. The Bertz CT molecular complexity index is 1060. The highest BCUT2D eigenvalue weighted by Gasteiger charge is 2.41. The standard InChI is InChI=1S/C26H30ClN3O4/c1-34-21-10-4-7-18(15-21)17-28-24(31)22-12-6-14-29(22)26(33)23-11-2-3-13-30(23)25(32)19-8-5-9-20(27)16-19/h4-5,7-10,15-16,22-23H,2-3,6,11-14,17H2,1H3,(H,28,31)/t22-,23+/m0/s1. The molecule has 0 saturated carbocycles. The zero-order chi connectivity index (χ0) is 24.1. The van der Waals surface area contributed by atoms with Gasteiger partial charge in [-0.05, 0) is 68.0 Å². The Morgan fingerprint density at radius 3 is 2.53 bits per heavy atom. The summed E-state index contributed by atoms with van der Waals surface area (Å²) in [6.45, 7) is 1.39. The second-order valence-corrected chi connectivity index (χ2v) is 9.22. The molecule has 2 aliphatic heterocycles. The van der Waals surface area contributed by atoms with Gasteiger partial charge in [-0.15, -0.1) is 0 Å². The molecule has 0 aliphatic carbocycles. The van der Waals surface area contributed by atoms with Crippen LogP contribution in [-0.2, 0) is 16.1 Å². The van der Waals surface area contributed by atoms with Gasteiger partial charge in [0, 0.05) is 30.2 Å². The monoisotopic (exact) mass is 483 g/mol. The molecule has 2 saturated heterocycles. The number of hydrogen-bond donors (Lipinski definition) is 1. The predicted molar refractivity (Wildman–Crippen MR) is 130 cm³/mol. The van der Waals surface area contributed by atoms with Gasteiger partial charge in [0.2, 0.25) is 11.8 Å². The number of nitrogens with one attached hydrogen (secondary N) is 1. The molecule has 0 aromatic heterocycles. The van der Waals surface area contributed by atoms with Crippen LogP contribution >= 0.6 is 11.6 Å². The van der Waals surface area contributed by atoms with Crippen molar-refractivity contribution in [2.75, 3.05) is 20.2 Å². The largest absolute Gasteiger partial charge is 0.497 e. The fourth-order valence-electron chi connectivity index (χ4n) is 4.80. The zero-order valence-electron chi connectivity index (χ0n) is 19.3. The fourth-order valence-corrected chi connectivity index (χ4v) is 4.99. The second kappa shape index (κ2) is 10.9. The smallest absolute Gasteiger partial charge is 0.254 e.